The van der Waals surface area contributed by atoms with Crippen molar-refractivity contribution < 1.29 is 9.90 Å². The van der Waals surface area contributed by atoms with Gasteiger partial charge in [0.2, 0.25) is 0 Å². The van der Waals surface area contributed by atoms with Crippen LogP contribution in [-0.4, -0.2) is 33.6 Å². The van der Waals surface area contributed by atoms with E-state index < -0.39 is 12.0 Å². The zero-order valence-electron chi connectivity index (χ0n) is 10.1. The molecule has 5 nitrogen and oxygen atoms in total. The van der Waals surface area contributed by atoms with E-state index in [-0.39, 0.29) is 23.2 Å². The Balaban J connectivity index is 2.88. The summed E-state index contributed by atoms with van der Waals surface area (Å²) in [6, 6.07) is 0. The number of aliphatic hydroxyl groups is 1. The molecule has 0 bridgehead atoms. The normalized spacial score (nSPS) is 12.6. The van der Waals surface area contributed by atoms with Crippen LogP contribution in [0.5, 0.6) is 0 Å². The number of nitrogens with zero attached hydrogens (tertiary/aromatic N) is 2. The molecule has 1 aromatic heterocycles. The molecule has 0 spiro atoms. The van der Waals surface area contributed by atoms with E-state index in [1.165, 1.54) is 6.20 Å². The second kappa shape index (κ2) is 5.93. The standard InChI is InChI=1S/C11H16ClN3O2/c1-6(2)10-13-5-8(12)9(15-10)11(17)14-4-7(3)16/h5-7,16H,4H2,1-3H3,(H,14,17)/t7-/m1/s1. The molecule has 0 aliphatic heterocycles. The number of nitrogens with one attached hydrogen (secondary N) is 1. The molecule has 0 radical (unpaired) electrons. The fourth-order valence-corrected chi connectivity index (χ4v) is 1.32. The molecule has 1 rings (SSSR count). The molecule has 0 unspecified atom stereocenters. The number of hydrogen-bond acceptors (Lipinski definition) is 4. The van der Waals surface area contributed by atoms with E-state index >= 15 is 0 Å². The summed E-state index contributed by atoms with van der Waals surface area (Å²) >= 11 is 5.86. The first-order valence-corrected chi connectivity index (χ1v) is 5.78. The number of carbonyl (C=O) groups excluding carboxylic acids is 1. The molecule has 0 aliphatic rings. The van der Waals surface area contributed by atoms with Crippen LogP contribution in [0.3, 0.4) is 0 Å². The van der Waals surface area contributed by atoms with E-state index in [1.54, 1.807) is 6.92 Å². The van der Waals surface area contributed by atoms with Crippen LogP contribution in [0.4, 0.5) is 0 Å². The van der Waals surface area contributed by atoms with E-state index in [0.717, 1.165) is 0 Å². The van der Waals surface area contributed by atoms with Gasteiger partial charge in [-0.05, 0) is 6.92 Å². The third-order valence-corrected chi connectivity index (χ3v) is 2.33. The van der Waals surface area contributed by atoms with Crippen LogP contribution >= 0.6 is 11.6 Å². The maximum absolute atomic E-state index is 11.7. The molecule has 1 aromatic rings. The van der Waals surface area contributed by atoms with Gasteiger partial charge in [0, 0.05) is 12.5 Å². The van der Waals surface area contributed by atoms with Crippen LogP contribution < -0.4 is 5.32 Å². The summed E-state index contributed by atoms with van der Waals surface area (Å²) in [5.41, 5.74) is 0.144. The van der Waals surface area contributed by atoms with Crippen molar-refractivity contribution in [3.8, 4) is 0 Å². The molecule has 1 amide bonds. The lowest BCUT2D eigenvalue weighted by Gasteiger charge is -2.09. The molecule has 17 heavy (non-hydrogen) atoms. The zero-order valence-corrected chi connectivity index (χ0v) is 10.8. The molecule has 0 aliphatic carbocycles. The zero-order chi connectivity index (χ0) is 13.0. The lowest BCUT2D eigenvalue weighted by Crippen LogP contribution is -2.31. The minimum atomic E-state index is -0.607. The van der Waals surface area contributed by atoms with Crippen molar-refractivity contribution in [1.82, 2.24) is 15.3 Å². The van der Waals surface area contributed by atoms with Crippen LogP contribution in [-0.2, 0) is 0 Å². The summed E-state index contributed by atoms with van der Waals surface area (Å²) in [7, 11) is 0. The van der Waals surface area contributed by atoms with Gasteiger partial charge in [0.25, 0.3) is 5.91 Å². The monoisotopic (exact) mass is 257 g/mol. The predicted octanol–water partition coefficient (Wildman–Crippen LogP) is 1.36. The van der Waals surface area contributed by atoms with E-state index in [4.69, 9.17) is 16.7 Å². The number of carbonyl (C=O) groups is 1. The highest BCUT2D eigenvalue weighted by Gasteiger charge is 2.15. The topological polar surface area (TPSA) is 75.1 Å². The Kier molecular flexibility index (Phi) is 4.84. The second-order valence-electron chi connectivity index (χ2n) is 4.14. The Morgan fingerprint density at radius 1 is 1.53 bits per heavy atom. The lowest BCUT2D eigenvalue weighted by molar-refractivity contribution is 0.0918. The van der Waals surface area contributed by atoms with Gasteiger partial charge in [-0.15, -0.1) is 0 Å². The van der Waals surface area contributed by atoms with Crippen molar-refractivity contribution in [1.29, 1.82) is 0 Å². The summed E-state index contributed by atoms with van der Waals surface area (Å²) < 4.78 is 0. The Bertz CT molecular complexity index is 408. The van der Waals surface area contributed by atoms with Crippen molar-refractivity contribution in [2.24, 2.45) is 0 Å². The number of aliphatic hydroxyl groups excluding tert-OH is 1. The summed E-state index contributed by atoms with van der Waals surface area (Å²) in [5.74, 6) is 0.285. The van der Waals surface area contributed by atoms with Crippen molar-refractivity contribution in [3.63, 3.8) is 0 Å². The smallest absolute Gasteiger partial charge is 0.271 e. The van der Waals surface area contributed by atoms with Gasteiger partial charge in [-0.25, -0.2) is 9.97 Å². The Morgan fingerprint density at radius 3 is 2.71 bits per heavy atom. The van der Waals surface area contributed by atoms with E-state index in [0.29, 0.717) is 5.82 Å². The van der Waals surface area contributed by atoms with Crippen LogP contribution in [0.2, 0.25) is 5.02 Å². The van der Waals surface area contributed by atoms with E-state index in [2.05, 4.69) is 15.3 Å². The molecule has 6 heteroatoms. The average molecular weight is 258 g/mol. The van der Waals surface area contributed by atoms with Crippen LogP contribution in [0.15, 0.2) is 6.20 Å². The number of hydrogen-bond donors (Lipinski definition) is 2. The van der Waals surface area contributed by atoms with Gasteiger partial charge in [-0.1, -0.05) is 25.4 Å². The largest absolute Gasteiger partial charge is 0.392 e. The van der Waals surface area contributed by atoms with Gasteiger partial charge in [-0.3, -0.25) is 4.79 Å². The number of aromatic nitrogens is 2. The molecule has 0 fully saturated rings. The summed E-state index contributed by atoms with van der Waals surface area (Å²) in [6.07, 6.45) is 0.811. The highest BCUT2D eigenvalue weighted by Crippen LogP contribution is 2.16. The maximum atomic E-state index is 11.7. The first-order valence-electron chi connectivity index (χ1n) is 5.40. The molecule has 0 aromatic carbocycles. The van der Waals surface area contributed by atoms with Crippen molar-refractivity contribution in [2.75, 3.05) is 6.54 Å². The van der Waals surface area contributed by atoms with Crippen molar-refractivity contribution >= 4 is 17.5 Å². The number of rotatable bonds is 4. The van der Waals surface area contributed by atoms with E-state index in [9.17, 15) is 4.79 Å². The number of amides is 1. The van der Waals surface area contributed by atoms with Gasteiger partial charge in [0.05, 0.1) is 17.3 Å². The molecular formula is C11H16ClN3O2. The fourth-order valence-electron chi connectivity index (χ4n) is 1.14. The van der Waals surface area contributed by atoms with Crippen molar-refractivity contribution in [2.45, 2.75) is 32.8 Å². The Labute approximate surface area is 105 Å². The van der Waals surface area contributed by atoms with Gasteiger partial charge in [0.1, 0.15) is 11.5 Å². The molecule has 0 saturated carbocycles. The number of halogens is 1. The predicted molar refractivity (Wildman–Crippen MR) is 65.1 cm³/mol. The fraction of sp³-hybridized carbons (Fsp3) is 0.545. The van der Waals surface area contributed by atoms with Crippen LogP contribution in [0.25, 0.3) is 0 Å². The minimum Gasteiger partial charge on any atom is -0.392 e. The third kappa shape index (κ3) is 3.94. The SMILES string of the molecule is CC(C)c1ncc(Cl)c(C(=O)NC[C@@H](C)O)n1. The van der Waals surface area contributed by atoms with Gasteiger partial charge in [0.15, 0.2) is 0 Å². The highest BCUT2D eigenvalue weighted by atomic mass is 35.5. The first kappa shape index (κ1) is 13.9. The van der Waals surface area contributed by atoms with E-state index in [1.807, 2.05) is 13.8 Å². The van der Waals surface area contributed by atoms with Crippen molar-refractivity contribution in [3.05, 3.63) is 22.7 Å². The molecule has 0 saturated heterocycles. The quantitative estimate of drug-likeness (QED) is 0.854. The van der Waals surface area contributed by atoms with Gasteiger partial charge < -0.3 is 10.4 Å². The summed E-state index contributed by atoms with van der Waals surface area (Å²) in [4.78, 5) is 19.9. The van der Waals surface area contributed by atoms with Crippen LogP contribution in [0, 0.1) is 0 Å². The Morgan fingerprint density at radius 2 is 2.18 bits per heavy atom. The minimum absolute atomic E-state index is 0.121. The Hall–Kier alpha value is -1.20. The molecule has 94 valence electrons. The molecular weight excluding hydrogens is 242 g/mol. The second-order valence-corrected chi connectivity index (χ2v) is 4.55. The average Bonchev–Trinajstić information content (AvgIpc) is 2.26. The van der Waals surface area contributed by atoms with Gasteiger partial charge >= 0.3 is 0 Å². The van der Waals surface area contributed by atoms with Crippen LogP contribution in [0.1, 0.15) is 43.0 Å². The first-order chi connectivity index (χ1) is 7.91. The molecule has 2 N–H and O–H groups in total. The summed E-state index contributed by atoms with van der Waals surface area (Å²) in [6.45, 7) is 5.61. The van der Waals surface area contributed by atoms with Gasteiger partial charge in [-0.2, -0.15) is 0 Å². The maximum Gasteiger partial charge on any atom is 0.271 e. The molecule has 1 atom stereocenters. The lowest BCUT2D eigenvalue weighted by atomic mass is 10.2. The molecule has 1 heterocycles. The summed E-state index contributed by atoms with van der Waals surface area (Å²) in [5, 5.41) is 11.8. The highest BCUT2D eigenvalue weighted by molar-refractivity contribution is 6.33. The third-order valence-electron chi connectivity index (χ3n) is 2.05.